The maximum absolute atomic E-state index is 5.43. The van der Waals surface area contributed by atoms with Gasteiger partial charge in [-0.05, 0) is 69.2 Å². The molecule has 1 aromatic carbocycles. The summed E-state index contributed by atoms with van der Waals surface area (Å²) in [5.41, 5.74) is 8.26. The molecule has 32 heavy (non-hydrogen) atoms. The largest absolute Gasteiger partial charge is 0.497 e. The van der Waals surface area contributed by atoms with Gasteiger partial charge in [0.15, 0.2) is 5.65 Å². The number of hydrogen-bond acceptors (Lipinski definition) is 4. The van der Waals surface area contributed by atoms with Crippen LogP contribution in [0.3, 0.4) is 0 Å². The molecule has 2 aromatic heterocycles. The molecule has 4 rings (SSSR count). The number of aryl methyl sites for hydroxylation is 3. The third-order valence-corrected chi connectivity index (χ3v) is 6.50. The standard InChI is InChI=1S/C26H36N4O.ClH/c1-6-8-15-29(16-9-7-2)26-22-11-10-12-23(22)27-25-24(19(4)28-30(25)26)21-14-13-20(31-5)17-18(21)3;/h13-14,17H,6-12,15-16H2,1-5H3;1H. The Morgan fingerprint density at radius 3 is 2.41 bits per heavy atom. The first-order valence-electron chi connectivity index (χ1n) is 11.9. The van der Waals surface area contributed by atoms with Crippen LogP contribution in [0.15, 0.2) is 18.2 Å². The number of nitrogens with zero attached hydrogens (tertiary/aromatic N) is 4. The van der Waals surface area contributed by atoms with Crippen LogP contribution in [0.1, 0.15) is 68.5 Å². The number of halogens is 1. The van der Waals surface area contributed by atoms with Crippen molar-refractivity contribution in [1.29, 1.82) is 0 Å². The number of ether oxygens (including phenoxy) is 1. The minimum atomic E-state index is 0. The topological polar surface area (TPSA) is 42.7 Å². The van der Waals surface area contributed by atoms with Crippen LogP contribution < -0.4 is 9.64 Å². The Bertz CT molecular complexity index is 1070. The molecular weight excluding hydrogens is 420 g/mol. The average Bonchev–Trinajstić information content (AvgIpc) is 3.36. The quantitative estimate of drug-likeness (QED) is 0.376. The number of rotatable bonds is 9. The van der Waals surface area contributed by atoms with Gasteiger partial charge < -0.3 is 9.64 Å². The van der Waals surface area contributed by atoms with Crippen molar-refractivity contribution in [2.45, 2.75) is 72.6 Å². The van der Waals surface area contributed by atoms with Gasteiger partial charge in [-0.1, -0.05) is 32.8 Å². The van der Waals surface area contributed by atoms with Crippen LogP contribution in [-0.4, -0.2) is 34.8 Å². The minimum absolute atomic E-state index is 0. The van der Waals surface area contributed by atoms with Crippen LogP contribution in [0.5, 0.6) is 5.75 Å². The summed E-state index contributed by atoms with van der Waals surface area (Å²) in [6, 6.07) is 6.29. The lowest BCUT2D eigenvalue weighted by Crippen LogP contribution is -2.29. The van der Waals surface area contributed by atoms with Gasteiger partial charge in [-0.25, -0.2) is 4.98 Å². The van der Waals surface area contributed by atoms with Gasteiger partial charge in [-0.2, -0.15) is 9.61 Å². The predicted molar refractivity (Wildman–Crippen MR) is 136 cm³/mol. The zero-order valence-electron chi connectivity index (χ0n) is 20.2. The van der Waals surface area contributed by atoms with Gasteiger partial charge in [0.25, 0.3) is 0 Å². The van der Waals surface area contributed by atoms with Crippen molar-refractivity contribution in [3.8, 4) is 16.9 Å². The second-order valence-corrected chi connectivity index (χ2v) is 8.79. The van der Waals surface area contributed by atoms with E-state index in [1.807, 2.05) is 6.07 Å². The van der Waals surface area contributed by atoms with E-state index in [2.05, 4.69) is 49.2 Å². The van der Waals surface area contributed by atoms with Crippen molar-refractivity contribution >= 4 is 23.9 Å². The van der Waals surface area contributed by atoms with Crippen molar-refractivity contribution in [1.82, 2.24) is 14.6 Å². The summed E-state index contributed by atoms with van der Waals surface area (Å²) >= 11 is 0. The van der Waals surface area contributed by atoms with Crippen LogP contribution in [-0.2, 0) is 12.8 Å². The molecule has 0 aliphatic heterocycles. The van der Waals surface area contributed by atoms with Crippen LogP contribution in [0, 0.1) is 13.8 Å². The van der Waals surface area contributed by atoms with Gasteiger partial charge in [0, 0.05) is 29.9 Å². The molecule has 1 aliphatic carbocycles. The second kappa shape index (κ2) is 10.6. The van der Waals surface area contributed by atoms with E-state index in [9.17, 15) is 0 Å². The summed E-state index contributed by atoms with van der Waals surface area (Å²) in [7, 11) is 1.72. The molecule has 2 heterocycles. The van der Waals surface area contributed by atoms with Crippen LogP contribution in [0.25, 0.3) is 16.8 Å². The normalized spacial score (nSPS) is 12.7. The highest BCUT2D eigenvalue weighted by Gasteiger charge is 2.27. The lowest BCUT2D eigenvalue weighted by molar-refractivity contribution is 0.414. The number of fused-ring (bicyclic) bond motifs is 2. The SMILES string of the molecule is CCCCN(CCCC)c1c2c(nc3c(-c4ccc(OC)cc4C)c(C)nn13)CCC2.Cl. The van der Waals surface area contributed by atoms with E-state index in [4.69, 9.17) is 14.8 Å². The highest BCUT2D eigenvalue weighted by molar-refractivity contribution is 5.85. The van der Waals surface area contributed by atoms with Crippen molar-refractivity contribution in [3.63, 3.8) is 0 Å². The van der Waals surface area contributed by atoms with Crippen molar-refractivity contribution < 1.29 is 4.74 Å². The maximum Gasteiger partial charge on any atom is 0.165 e. The Hall–Kier alpha value is -2.27. The van der Waals surface area contributed by atoms with E-state index in [0.29, 0.717) is 0 Å². The van der Waals surface area contributed by atoms with E-state index in [-0.39, 0.29) is 12.4 Å². The molecule has 0 N–H and O–H groups in total. The molecule has 6 heteroatoms. The van der Waals surface area contributed by atoms with Gasteiger partial charge >= 0.3 is 0 Å². The molecule has 0 spiro atoms. The Kier molecular flexibility index (Phi) is 8.05. The summed E-state index contributed by atoms with van der Waals surface area (Å²) in [5.74, 6) is 2.18. The number of methoxy groups -OCH3 is 1. The molecule has 174 valence electrons. The third-order valence-electron chi connectivity index (χ3n) is 6.50. The second-order valence-electron chi connectivity index (χ2n) is 8.79. The summed E-state index contributed by atoms with van der Waals surface area (Å²) in [4.78, 5) is 7.77. The van der Waals surface area contributed by atoms with Crippen molar-refractivity contribution in [3.05, 3.63) is 40.7 Å². The third kappa shape index (κ3) is 4.45. The highest BCUT2D eigenvalue weighted by atomic mass is 35.5. The molecule has 5 nitrogen and oxygen atoms in total. The molecule has 0 atom stereocenters. The molecule has 0 fully saturated rings. The summed E-state index contributed by atoms with van der Waals surface area (Å²) in [5, 5.41) is 5.07. The van der Waals surface area contributed by atoms with Crippen LogP contribution in [0.2, 0.25) is 0 Å². The lowest BCUT2D eigenvalue weighted by atomic mass is 10.0. The lowest BCUT2D eigenvalue weighted by Gasteiger charge is -2.27. The molecule has 0 unspecified atom stereocenters. The van der Waals surface area contributed by atoms with Crippen LogP contribution in [0.4, 0.5) is 5.82 Å². The fraction of sp³-hybridized carbons (Fsp3) is 0.538. The Balaban J connectivity index is 0.00000289. The summed E-state index contributed by atoms with van der Waals surface area (Å²) in [6.45, 7) is 11.0. The predicted octanol–water partition coefficient (Wildman–Crippen LogP) is 6.34. The average molecular weight is 457 g/mol. The fourth-order valence-electron chi connectivity index (χ4n) is 4.82. The first-order chi connectivity index (χ1) is 15.1. The molecule has 0 saturated heterocycles. The first kappa shape index (κ1) is 24.4. The van der Waals surface area contributed by atoms with Gasteiger partial charge in [-0.3, -0.25) is 0 Å². The van der Waals surface area contributed by atoms with E-state index in [1.165, 1.54) is 60.3 Å². The van der Waals surface area contributed by atoms with Gasteiger partial charge in [0.2, 0.25) is 0 Å². The maximum atomic E-state index is 5.43. The van der Waals surface area contributed by atoms with E-state index >= 15 is 0 Å². The Labute approximate surface area is 198 Å². The first-order valence-corrected chi connectivity index (χ1v) is 11.9. The number of benzene rings is 1. The zero-order valence-corrected chi connectivity index (χ0v) is 21.0. The van der Waals surface area contributed by atoms with Gasteiger partial charge in [0.1, 0.15) is 11.6 Å². The van der Waals surface area contributed by atoms with E-state index in [0.717, 1.165) is 48.6 Å². The molecule has 0 bridgehead atoms. The fourth-order valence-corrected chi connectivity index (χ4v) is 4.82. The molecule has 0 radical (unpaired) electrons. The minimum Gasteiger partial charge on any atom is -0.497 e. The van der Waals surface area contributed by atoms with E-state index in [1.54, 1.807) is 7.11 Å². The Morgan fingerprint density at radius 2 is 1.78 bits per heavy atom. The Morgan fingerprint density at radius 1 is 1.06 bits per heavy atom. The van der Waals surface area contributed by atoms with Gasteiger partial charge in [-0.15, -0.1) is 12.4 Å². The number of unbranched alkanes of at least 4 members (excludes halogenated alkanes) is 2. The monoisotopic (exact) mass is 456 g/mol. The molecular formula is C26H37ClN4O. The molecule has 0 saturated carbocycles. The number of anilines is 1. The van der Waals surface area contributed by atoms with Gasteiger partial charge in [0.05, 0.1) is 12.8 Å². The number of hydrogen-bond donors (Lipinski definition) is 0. The van der Waals surface area contributed by atoms with Crippen molar-refractivity contribution in [2.75, 3.05) is 25.1 Å². The van der Waals surface area contributed by atoms with E-state index < -0.39 is 0 Å². The van der Waals surface area contributed by atoms with Crippen LogP contribution >= 0.6 is 12.4 Å². The smallest absolute Gasteiger partial charge is 0.165 e. The highest BCUT2D eigenvalue weighted by Crippen LogP contribution is 2.37. The molecule has 0 amide bonds. The molecule has 3 aromatic rings. The zero-order chi connectivity index (χ0) is 22.0. The number of aromatic nitrogens is 3. The van der Waals surface area contributed by atoms with Crippen molar-refractivity contribution in [2.24, 2.45) is 0 Å². The summed E-state index contributed by atoms with van der Waals surface area (Å²) < 4.78 is 7.58. The molecule has 1 aliphatic rings. The summed E-state index contributed by atoms with van der Waals surface area (Å²) in [6.07, 6.45) is 8.17.